The minimum absolute atomic E-state index is 0.00785. The first-order valence-electron chi connectivity index (χ1n) is 39.9. The van der Waals surface area contributed by atoms with Crippen molar-refractivity contribution in [2.75, 3.05) is 13.2 Å². The van der Waals surface area contributed by atoms with Gasteiger partial charge in [0, 0.05) is 77.0 Å². The van der Waals surface area contributed by atoms with Gasteiger partial charge in [-0.3, -0.25) is 14.4 Å². The van der Waals surface area contributed by atoms with Gasteiger partial charge in [-0.2, -0.15) is 0 Å². The summed E-state index contributed by atoms with van der Waals surface area (Å²) in [6.07, 6.45) is 3.80. The van der Waals surface area contributed by atoms with E-state index in [9.17, 15) is 45.0 Å². The van der Waals surface area contributed by atoms with Gasteiger partial charge in [-0.05, 0) is 148 Å². The van der Waals surface area contributed by atoms with Crippen molar-refractivity contribution in [3.05, 3.63) is 48.6 Å². The molecule has 37 atom stereocenters. The summed E-state index contributed by atoms with van der Waals surface area (Å²) in [5.41, 5.74) is 4.26. The second-order valence-corrected chi connectivity index (χ2v) is 34.5. The summed E-state index contributed by atoms with van der Waals surface area (Å²) in [5, 5.41) is 62.5. The quantitative estimate of drug-likeness (QED) is 0.146. The van der Waals surface area contributed by atoms with Crippen LogP contribution in [0.5, 0.6) is 0 Å². The first-order chi connectivity index (χ1) is 49.4. The predicted molar refractivity (Wildman–Crippen MR) is 370 cm³/mol. The van der Waals surface area contributed by atoms with Crippen LogP contribution in [-0.4, -0.2) is 250 Å². The number of aliphatic hydroxyl groups is 6. The molecule has 0 amide bonds. The van der Waals surface area contributed by atoms with E-state index in [0.29, 0.717) is 76.5 Å². The van der Waals surface area contributed by atoms with Gasteiger partial charge in [0.1, 0.15) is 78.4 Å². The molecule has 103 heavy (non-hydrogen) atoms. The normalized spacial score (nSPS) is 50.8. The predicted octanol–water partition coefficient (Wildman–Crippen LogP) is 6.98. The van der Waals surface area contributed by atoms with E-state index < -0.39 is 66.8 Å². The van der Waals surface area contributed by atoms with Crippen LogP contribution in [0.4, 0.5) is 0 Å². The molecule has 23 heteroatoms. The summed E-state index contributed by atoms with van der Waals surface area (Å²) >= 11 is 0. The van der Waals surface area contributed by atoms with Gasteiger partial charge in [0.25, 0.3) is 0 Å². The second-order valence-electron chi connectivity index (χ2n) is 34.5. The summed E-state index contributed by atoms with van der Waals surface area (Å²) < 4.78 is 92.3. The van der Waals surface area contributed by atoms with Gasteiger partial charge in [0.2, 0.25) is 0 Å². The molecule has 0 aromatic carbocycles. The summed E-state index contributed by atoms with van der Waals surface area (Å²) in [6, 6.07) is 0. The summed E-state index contributed by atoms with van der Waals surface area (Å²) in [5.74, 6) is -0.318. The fourth-order valence-corrected chi connectivity index (χ4v) is 21.4. The van der Waals surface area contributed by atoms with E-state index in [0.717, 1.165) is 86.5 Å². The van der Waals surface area contributed by atoms with Crippen molar-refractivity contribution < 1.29 is 111 Å². The minimum Gasteiger partial charge on any atom is -0.394 e. The lowest BCUT2D eigenvalue weighted by molar-refractivity contribution is -0.292. The molecule has 10 unspecified atom stereocenters. The van der Waals surface area contributed by atoms with E-state index >= 15 is 0 Å². The van der Waals surface area contributed by atoms with Crippen molar-refractivity contribution >= 4 is 17.3 Å². The number of ketones is 3. The molecule has 17 rings (SSSR count). The van der Waals surface area contributed by atoms with Crippen molar-refractivity contribution in [1.82, 2.24) is 0 Å². The Labute approximate surface area is 607 Å². The molecule has 17 fully saturated rings. The van der Waals surface area contributed by atoms with E-state index in [-0.39, 0.29) is 214 Å². The third-order valence-electron chi connectivity index (χ3n) is 27.4. The van der Waals surface area contributed by atoms with Crippen molar-refractivity contribution in [2.45, 2.75) is 384 Å². The molecule has 6 N–H and O–H groups in total. The van der Waals surface area contributed by atoms with Gasteiger partial charge in [-0.25, -0.2) is 0 Å². The number of hydrogen-bond donors (Lipinski definition) is 6. The average Bonchev–Trinajstić information content (AvgIpc) is 1.55. The Morgan fingerprint density at radius 2 is 0.854 bits per heavy atom. The molecule has 0 aromatic rings. The van der Waals surface area contributed by atoms with Crippen LogP contribution in [-0.2, 0) is 80.7 Å². The molecule has 0 radical (unpaired) electrons. The molecular formula is C80H118O23. The Hall–Kier alpha value is -2.83. The average molecular weight is 1450 g/mol. The molecule has 17 heterocycles. The van der Waals surface area contributed by atoms with Gasteiger partial charge >= 0.3 is 0 Å². The SMILES string of the molecule is C=C1C[C@@H]2CCC(=O)CC3O[C@H]4[C@@H](O)[C@H]5OC(CC[C@@H]5O[C@H]4[C@H]3O)CC(=O)C[C@@H]3[C@@H](C)[C@@H](C[C@H](O)CO)O[C@H]3CC3O[C@@H](CCC1O2)C[C@@H](C)C3=C.C=C1C[C@@H]2CC[C@@]34C[C@@H]5O[C@H]6[C@@H](O3)C3OC(CCC3O[C@H]6C5O4)CC(=O)C[C@@H]3[C@@H](C)[C@@H](C[C@H](O)CO)O[C@H]3CC3O[C@@H](CCC1O2)C[C@@H](C)C3=C. The van der Waals surface area contributed by atoms with E-state index in [1.54, 1.807) is 0 Å². The highest BCUT2D eigenvalue weighted by atomic mass is 16.8. The molecule has 23 nitrogen and oxygen atoms in total. The Balaban J connectivity index is 0.000000166. The molecule has 17 aliphatic rings. The molecule has 20 bridgehead atoms. The monoisotopic (exact) mass is 1450 g/mol. The van der Waals surface area contributed by atoms with Crippen molar-refractivity contribution in [1.29, 1.82) is 0 Å². The number of carbonyl (C=O) groups is 3. The number of Topliss-reactive ketones (excluding diaryl/α,β-unsaturated/α-hetero) is 3. The largest absolute Gasteiger partial charge is 0.394 e. The van der Waals surface area contributed by atoms with Gasteiger partial charge < -0.3 is 97.0 Å². The lowest BCUT2D eigenvalue weighted by atomic mass is 9.79. The van der Waals surface area contributed by atoms with Crippen LogP contribution in [0.2, 0.25) is 0 Å². The van der Waals surface area contributed by atoms with Gasteiger partial charge in [0.05, 0.1) is 135 Å². The van der Waals surface area contributed by atoms with Crippen molar-refractivity contribution in [3.63, 3.8) is 0 Å². The van der Waals surface area contributed by atoms with Crippen LogP contribution in [0.15, 0.2) is 48.6 Å². The maximum Gasteiger partial charge on any atom is 0.172 e. The number of carbonyl (C=O) groups excluding carboxylic acids is 3. The van der Waals surface area contributed by atoms with Crippen molar-refractivity contribution in [3.8, 4) is 0 Å². The molecule has 1 spiro atoms. The number of hydrogen-bond acceptors (Lipinski definition) is 23. The topological polar surface area (TPSA) is 302 Å². The first kappa shape index (κ1) is 75.6. The van der Waals surface area contributed by atoms with Gasteiger partial charge in [-0.1, -0.05) is 54.0 Å². The lowest BCUT2D eigenvalue weighted by Crippen LogP contribution is -2.61. The summed E-state index contributed by atoms with van der Waals surface area (Å²) in [4.78, 5) is 40.9. The highest BCUT2D eigenvalue weighted by Crippen LogP contribution is 2.55. The second kappa shape index (κ2) is 31.5. The van der Waals surface area contributed by atoms with Crippen LogP contribution in [0.25, 0.3) is 0 Å². The van der Waals surface area contributed by atoms with Gasteiger partial charge in [0.15, 0.2) is 5.79 Å². The van der Waals surface area contributed by atoms with Crippen LogP contribution in [0.1, 0.15) is 195 Å². The van der Waals surface area contributed by atoms with E-state index in [4.69, 9.17) is 66.3 Å². The first-order valence-corrected chi connectivity index (χ1v) is 39.9. The lowest BCUT2D eigenvalue weighted by Gasteiger charge is -2.47. The molecule has 17 aliphatic heterocycles. The Morgan fingerprint density at radius 1 is 0.398 bits per heavy atom. The highest BCUT2D eigenvalue weighted by Gasteiger charge is 2.69. The Kier molecular flexibility index (Phi) is 23.1. The number of fused-ring (bicyclic) bond motifs is 13. The minimum atomic E-state index is -1.08. The number of ether oxygens (including phenoxy) is 14. The smallest absolute Gasteiger partial charge is 0.172 e. The fraction of sp³-hybridized carbons (Fsp3) is 0.863. The van der Waals surface area contributed by atoms with E-state index in [1.165, 1.54) is 0 Å². The Morgan fingerprint density at radius 3 is 1.42 bits per heavy atom. The third kappa shape index (κ3) is 15.8. The fourth-order valence-electron chi connectivity index (χ4n) is 21.4. The maximum absolute atomic E-state index is 14.0. The zero-order valence-corrected chi connectivity index (χ0v) is 61.0. The van der Waals surface area contributed by atoms with Crippen LogP contribution in [0, 0.1) is 35.5 Å². The van der Waals surface area contributed by atoms with E-state index in [2.05, 4.69) is 54.0 Å². The summed E-state index contributed by atoms with van der Waals surface area (Å²) in [6.45, 7) is 25.5. The Bertz CT molecular complexity index is 3070. The molecule has 576 valence electrons. The summed E-state index contributed by atoms with van der Waals surface area (Å²) in [7, 11) is 0. The number of aliphatic hydroxyl groups excluding tert-OH is 6. The van der Waals surface area contributed by atoms with Crippen molar-refractivity contribution in [2.24, 2.45) is 35.5 Å². The molecule has 0 aromatic heterocycles. The number of rotatable bonds is 6. The zero-order chi connectivity index (χ0) is 72.0. The van der Waals surface area contributed by atoms with Crippen LogP contribution in [0.3, 0.4) is 0 Å². The zero-order valence-electron chi connectivity index (χ0n) is 61.0. The van der Waals surface area contributed by atoms with Crippen LogP contribution >= 0.6 is 0 Å². The molecule has 0 saturated carbocycles. The molecule has 0 aliphatic carbocycles. The molecular weight excluding hydrogens is 1330 g/mol. The highest BCUT2D eigenvalue weighted by molar-refractivity contribution is 5.80. The van der Waals surface area contributed by atoms with E-state index in [1.807, 2.05) is 0 Å². The standard InChI is InChI=1S/C40H60O12.C40H58O11/c1-19-11-27-7-9-30-20(2)12-26(47-30)6-5-23(42)15-35-36(45)39-40(52-35)37(46)38-31(51-39)10-8-28(49-38)13-24(43)14-29-22(4)32(16-25(44)18-41)50-34(29)17-33(48-27)21(19)3;1-19-11-25-5-7-29-20(2)12-27(44-29)9-10-40-17-34-36(50-40)37-38(49-34)39(51-40)35-30(48-37)8-6-26(46-35)13-23(42)14-28-22(4)31(15-24(43)18-41)47-33(28)16-32(45-25)21(19)3/h19,22,25-41,44-46H,2-3,5-18H2,1,4H3;19,22,24-39,41,43H,2-3,5-18H2,1,4H3/t19-,22-,25+,26+,27+,28?,29-,30?,31+,32-,33?,34+,35?,36+,37+,38+,39+,40+;19-,22-,24+,25+,26?,27+,28-,29?,30?,31-,32?,33+,34+,35?,36?,37+,38-,39+,40+/m11/s1. The molecule has 17 saturated heterocycles. The third-order valence-corrected chi connectivity index (χ3v) is 27.4. The maximum atomic E-state index is 14.0. The van der Waals surface area contributed by atoms with Crippen LogP contribution < -0.4 is 0 Å². The van der Waals surface area contributed by atoms with Gasteiger partial charge in [-0.15, -0.1) is 0 Å².